The number of aromatic nitrogens is 8. The summed E-state index contributed by atoms with van der Waals surface area (Å²) in [5.41, 5.74) is 5.61. The Hall–Kier alpha value is -5.17. The fourth-order valence-electron chi connectivity index (χ4n) is 4.34. The van der Waals surface area contributed by atoms with Gasteiger partial charge in [0.2, 0.25) is 5.16 Å². The second kappa shape index (κ2) is 10.5. The van der Waals surface area contributed by atoms with Crippen LogP contribution in [0.3, 0.4) is 0 Å². The SMILES string of the molecule is CCn1c(C)nc2cc(C(=O)N/N=C/c3c(Sc4nnnn4-c4ccccc4)nc4ccccn4c3=O)ccc21. The van der Waals surface area contributed by atoms with Gasteiger partial charge in [-0.15, -0.1) is 5.10 Å². The van der Waals surface area contributed by atoms with Gasteiger partial charge in [-0.25, -0.2) is 15.4 Å². The molecule has 0 aliphatic carbocycles. The van der Waals surface area contributed by atoms with Gasteiger partial charge in [0, 0.05) is 18.3 Å². The van der Waals surface area contributed by atoms with Crippen molar-refractivity contribution in [1.29, 1.82) is 0 Å². The number of fused-ring (bicyclic) bond motifs is 2. The first kappa shape index (κ1) is 25.1. The van der Waals surface area contributed by atoms with Crippen LogP contribution in [0.4, 0.5) is 0 Å². The Morgan fingerprint density at radius 1 is 1.07 bits per heavy atom. The zero-order valence-corrected chi connectivity index (χ0v) is 22.3. The number of amides is 1. The third-order valence-electron chi connectivity index (χ3n) is 6.24. The number of benzene rings is 2. The molecule has 0 bridgehead atoms. The lowest BCUT2D eigenvalue weighted by Gasteiger charge is -2.08. The van der Waals surface area contributed by atoms with Gasteiger partial charge in [-0.2, -0.15) is 9.78 Å². The van der Waals surface area contributed by atoms with E-state index in [0.717, 1.165) is 40.9 Å². The molecule has 0 aliphatic heterocycles. The molecule has 4 heterocycles. The summed E-state index contributed by atoms with van der Waals surface area (Å²) in [7, 11) is 0. The second-order valence-electron chi connectivity index (χ2n) is 8.68. The molecule has 0 spiro atoms. The maximum Gasteiger partial charge on any atom is 0.271 e. The van der Waals surface area contributed by atoms with Crippen LogP contribution in [0.5, 0.6) is 0 Å². The van der Waals surface area contributed by atoms with Gasteiger partial charge in [-0.3, -0.25) is 14.0 Å². The van der Waals surface area contributed by atoms with Gasteiger partial charge < -0.3 is 4.57 Å². The zero-order chi connectivity index (χ0) is 27.6. The van der Waals surface area contributed by atoms with Crippen molar-refractivity contribution < 1.29 is 4.79 Å². The molecule has 0 saturated carbocycles. The predicted molar refractivity (Wildman–Crippen MR) is 150 cm³/mol. The topological polar surface area (TPSA) is 137 Å². The first-order chi connectivity index (χ1) is 19.5. The van der Waals surface area contributed by atoms with E-state index in [1.807, 2.05) is 50.2 Å². The minimum Gasteiger partial charge on any atom is -0.329 e. The van der Waals surface area contributed by atoms with E-state index in [0.29, 0.717) is 21.4 Å². The van der Waals surface area contributed by atoms with Crippen LogP contribution in [0.1, 0.15) is 28.7 Å². The van der Waals surface area contributed by atoms with Gasteiger partial charge in [-0.1, -0.05) is 24.3 Å². The highest BCUT2D eigenvalue weighted by molar-refractivity contribution is 7.99. The van der Waals surface area contributed by atoms with Crippen molar-refractivity contribution in [3.63, 3.8) is 0 Å². The van der Waals surface area contributed by atoms with E-state index >= 15 is 0 Å². The highest BCUT2D eigenvalue weighted by Gasteiger charge is 2.18. The Morgan fingerprint density at radius 2 is 1.90 bits per heavy atom. The van der Waals surface area contributed by atoms with Crippen LogP contribution in [-0.2, 0) is 6.54 Å². The molecule has 0 aliphatic rings. The van der Waals surface area contributed by atoms with Crippen LogP contribution in [0.25, 0.3) is 22.4 Å². The number of hydrazone groups is 1. The summed E-state index contributed by atoms with van der Waals surface area (Å²) in [6.07, 6.45) is 2.91. The number of aryl methyl sites for hydroxylation is 2. The van der Waals surface area contributed by atoms with Crippen molar-refractivity contribution in [3.05, 3.63) is 100 Å². The lowest BCUT2D eigenvalue weighted by molar-refractivity contribution is 0.0955. The molecule has 4 aromatic heterocycles. The van der Waals surface area contributed by atoms with Gasteiger partial charge in [0.25, 0.3) is 11.5 Å². The van der Waals surface area contributed by atoms with E-state index in [1.165, 1.54) is 10.6 Å². The maximum absolute atomic E-state index is 13.4. The van der Waals surface area contributed by atoms with Crippen molar-refractivity contribution in [1.82, 2.24) is 44.6 Å². The molecule has 40 heavy (non-hydrogen) atoms. The summed E-state index contributed by atoms with van der Waals surface area (Å²) in [5, 5.41) is 16.8. The Bertz CT molecular complexity index is 1960. The number of hydrogen-bond acceptors (Lipinski definition) is 9. The Kier molecular flexibility index (Phi) is 6.62. The number of para-hydroxylation sites is 1. The van der Waals surface area contributed by atoms with E-state index in [1.54, 1.807) is 41.2 Å². The number of nitrogens with zero attached hydrogens (tertiary/aromatic N) is 9. The van der Waals surface area contributed by atoms with Gasteiger partial charge in [0.15, 0.2) is 0 Å². The third-order valence-corrected chi connectivity index (χ3v) is 7.18. The van der Waals surface area contributed by atoms with Crippen molar-refractivity contribution in [2.45, 2.75) is 30.6 Å². The lowest BCUT2D eigenvalue weighted by Crippen LogP contribution is -2.23. The predicted octanol–water partition coefficient (Wildman–Crippen LogP) is 3.26. The molecule has 12 nitrogen and oxygen atoms in total. The Balaban J connectivity index is 1.32. The molecule has 2 aromatic carbocycles. The Morgan fingerprint density at radius 3 is 2.73 bits per heavy atom. The number of nitrogens with one attached hydrogen (secondary N) is 1. The molecule has 0 saturated heterocycles. The molecule has 6 rings (SSSR count). The molecule has 13 heteroatoms. The van der Waals surface area contributed by atoms with Crippen LogP contribution in [0.2, 0.25) is 0 Å². The van der Waals surface area contributed by atoms with Crippen LogP contribution in [-0.4, -0.2) is 51.3 Å². The average molecular weight is 551 g/mol. The quantitative estimate of drug-likeness (QED) is 0.182. The summed E-state index contributed by atoms with van der Waals surface area (Å²) in [4.78, 5) is 35.5. The lowest BCUT2D eigenvalue weighted by atomic mass is 10.2. The van der Waals surface area contributed by atoms with Crippen molar-refractivity contribution in [2.24, 2.45) is 5.10 Å². The van der Waals surface area contributed by atoms with Gasteiger partial charge in [0.1, 0.15) is 16.5 Å². The molecule has 0 unspecified atom stereocenters. The molecule has 0 atom stereocenters. The summed E-state index contributed by atoms with van der Waals surface area (Å²) in [6.45, 7) is 4.76. The first-order valence-electron chi connectivity index (χ1n) is 12.4. The number of carbonyl (C=O) groups excluding carboxylic acids is 1. The molecule has 6 aromatic rings. The minimum atomic E-state index is -0.432. The zero-order valence-electron chi connectivity index (χ0n) is 21.5. The van der Waals surface area contributed by atoms with Crippen molar-refractivity contribution >= 4 is 40.6 Å². The largest absolute Gasteiger partial charge is 0.329 e. The average Bonchev–Trinajstić information content (AvgIpc) is 3.57. The summed E-state index contributed by atoms with van der Waals surface area (Å²) in [6, 6.07) is 19.9. The molecule has 0 fully saturated rings. The summed E-state index contributed by atoms with van der Waals surface area (Å²) in [5.74, 6) is 0.443. The van der Waals surface area contributed by atoms with Crippen LogP contribution in [0.15, 0.2) is 93.0 Å². The number of carbonyl (C=O) groups is 1. The Labute approximate surface area is 231 Å². The van der Waals surface area contributed by atoms with Crippen LogP contribution < -0.4 is 11.0 Å². The van der Waals surface area contributed by atoms with E-state index in [-0.39, 0.29) is 11.1 Å². The number of imidazole rings is 1. The molecule has 198 valence electrons. The van der Waals surface area contributed by atoms with E-state index in [2.05, 4.69) is 40.6 Å². The molecular formula is C27H22N10O2S. The molecule has 0 radical (unpaired) electrons. The first-order valence-corrected chi connectivity index (χ1v) is 13.2. The third kappa shape index (κ3) is 4.62. The maximum atomic E-state index is 13.4. The number of rotatable bonds is 7. The molecule has 1 N–H and O–H groups in total. The van der Waals surface area contributed by atoms with Crippen LogP contribution in [0, 0.1) is 6.92 Å². The highest BCUT2D eigenvalue weighted by Crippen LogP contribution is 2.27. The van der Waals surface area contributed by atoms with Gasteiger partial charge in [-0.05, 0) is 78.5 Å². The van der Waals surface area contributed by atoms with Crippen LogP contribution >= 0.6 is 11.8 Å². The highest BCUT2D eigenvalue weighted by atomic mass is 32.2. The minimum absolute atomic E-state index is 0.171. The summed E-state index contributed by atoms with van der Waals surface area (Å²) >= 11 is 1.12. The number of tetrazole rings is 1. The fourth-order valence-corrected chi connectivity index (χ4v) is 5.21. The van der Waals surface area contributed by atoms with Crippen molar-refractivity contribution in [2.75, 3.05) is 0 Å². The normalized spacial score (nSPS) is 11.6. The monoisotopic (exact) mass is 550 g/mol. The van der Waals surface area contributed by atoms with Crippen molar-refractivity contribution in [3.8, 4) is 5.69 Å². The van der Waals surface area contributed by atoms with E-state index in [9.17, 15) is 9.59 Å². The second-order valence-corrected chi connectivity index (χ2v) is 9.64. The molecule has 1 amide bonds. The van der Waals surface area contributed by atoms with E-state index < -0.39 is 5.91 Å². The van der Waals surface area contributed by atoms with Gasteiger partial charge >= 0.3 is 0 Å². The van der Waals surface area contributed by atoms with Gasteiger partial charge in [0.05, 0.1) is 28.5 Å². The smallest absolute Gasteiger partial charge is 0.271 e. The summed E-state index contributed by atoms with van der Waals surface area (Å²) < 4.78 is 5.04. The molecular weight excluding hydrogens is 528 g/mol. The number of pyridine rings is 1. The van der Waals surface area contributed by atoms with E-state index in [4.69, 9.17) is 0 Å². The standard InChI is InChI=1S/C27H22N10O2S/c1-3-35-17(2)29-21-15-18(12-13-22(21)35)24(38)31-28-16-20-25(30-23-11-7-8-14-36(23)26(20)39)40-27-32-33-34-37(27)19-9-5-4-6-10-19/h4-16H,3H2,1-2H3,(H,31,38)/b28-16+. The fraction of sp³-hybridized carbons (Fsp3) is 0.111. The number of hydrogen-bond donors (Lipinski definition) is 1.